The molecule has 212 valence electrons. The van der Waals surface area contributed by atoms with Gasteiger partial charge in [-0.1, -0.05) is 25.5 Å². The predicted octanol–water partition coefficient (Wildman–Crippen LogP) is 1.35. The van der Waals surface area contributed by atoms with Crippen molar-refractivity contribution in [3.63, 3.8) is 0 Å². The molecular formula is C29H42O9. The van der Waals surface area contributed by atoms with E-state index < -0.39 is 47.8 Å². The second-order valence-corrected chi connectivity index (χ2v) is 13.2. The van der Waals surface area contributed by atoms with E-state index >= 15 is 0 Å². The number of carbonyl (C=O) groups is 1. The largest absolute Gasteiger partial charge is 0.458 e. The maximum absolute atomic E-state index is 12.4. The molecule has 1 saturated heterocycles. The number of aliphatic hydroxyl groups excluding tert-OH is 4. The molecule has 6 rings (SSSR count). The topological polar surface area (TPSA) is 146 Å². The lowest BCUT2D eigenvalue weighted by Crippen LogP contribution is -2.65. The van der Waals surface area contributed by atoms with E-state index in [0.29, 0.717) is 19.3 Å². The van der Waals surface area contributed by atoms with E-state index in [-0.39, 0.29) is 41.8 Å². The lowest BCUT2D eigenvalue weighted by atomic mass is 9.44. The van der Waals surface area contributed by atoms with E-state index in [4.69, 9.17) is 14.2 Å². The van der Waals surface area contributed by atoms with Gasteiger partial charge < -0.3 is 39.7 Å². The molecule has 0 bridgehead atoms. The Balaban J connectivity index is 1.23. The summed E-state index contributed by atoms with van der Waals surface area (Å²) in [6.07, 6.45) is 2.06. The van der Waals surface area contributed by atoms with Gasteiger partial charge in [0.05, 0.1) is 23.9 Å². The highest BCUT2D eigenvalue weighted by molar-refractivity contribution is 5.85. The molecule has 9 nitrogen and oxygen atoms in total. The van der Waals surface area contributed by atoms with Crippen LogP contribution in [0.25, 0.3) is 0 Å². The van der Waals surface area contributed by atoms with E-state index in [1.165, 1.54) is 5.57 Å². The normalized spacial score (nSPS) is 54.4. The molecule has 3 saturated carbocycles. The van der Waals surface area contributed by atoms with E-state index in [0.717, 1.165) is 31.3 Å². The zero-order valence-corrected chi connectivity index (χ0v) is 22.5. The highest BCUT2D eigenvalue weighted by atomic mass is 16.7. The fourth-order valence-electron chi connectivity index (χ4n) is 9.36. The SMILES string of the molecule is CC1OC(OC2C=C3CCC4C(C(O)CC5(C)C(C6=CC(=O)OC6)CCC45O)C3(C)CC2)C(O)C(O)C1O. The Hall–Kier alpha value is -1.33. The summed E-state index contributed by atoms with van der Waals surface area (Å²) in [5.74, 6) is -0.454. The van der Waals surface area contributed by atoms with Gasteiger partial charge in [-0.25, -0.2) is 4.79 Å². The summed E-state index contributed by atoms with van der Waals surface area (Å²) in [7, 11) is 0. The zero-order chi connectivity index (χ0) is 27.2. The molecule has 0 aromatic rings. The standard InChI is InChI=1S/C29H42O9/c1-14-23(32)24(33)25(34)26(37-14)38-17-6-8-27(2)16(11-17)4-5-19-22(27)20(30)12-28(3)18(7-9-29(19,28)35)15-10-21(31)36-13-15/h10-11,14,17-20,22-26,30,32-35H,4-9,12-13H2,1-3H3. The molecular weight excluding hydrogens is 492 g/mol. The third-order valence-electron chi connectivity index (χ3n) is 11.4. The molecule has 2 aliphatic heterocycles. The fourth-order valence-corrected chi connectivity index (χ4v) is 9.36. The van der Waals surface area contributed by atoms with Gasteiger partial charge in [0.1, 0.15) is 24.9 Å². The first kappa shape index (κ1) is 26.9. The summed E-state index contributed by atoms with van der Waals surface area (Å²) in [5.41, 5.74) is 0.397. The van der Waals surface area contributed by atoms with Crippen LogP contribution in [0.15, 0.2) is 23.3 Å². The Bertz CT molecular complexity index is 1040. The van der Waals surface area contributed by atoms with Crippen molar-refractivity contribution >= 4 is 5.97 Å². The van der Waals surface area contributed by atoms with Crippen molar-refractivity contribution in [2.45, 2.75) is 114 Å². The van der Waals surface area contributed by atoms with E-state index in [2.05, 4.69) is 19.9 Å². The van der Waals surface area contributed by atoms with Gasteiger partial charge in [0.2, 0.25) is 0 Å². The monoisotopic (exact) mass is 534 g/mol. The zero-order valence-electron chi connectivity index (χ0n) is 22.5. The van der Waals surface area contributed by atoms with Gasteiger partial charge in [-0.3, -0.25) is 0 Å². The van der Waals surface area contributed by atoms with Crippen molar-refractivity contribution in [2.24, 2.45) is 28.6 Å². The summed E-state index contributed by atoms with van der Waals surface area (Å²) < 4.78 is 17.0. The number of esters is 1. The molecule has 0 aromatic carbocycles. The van der Waals surface area contributed by atoms with Crippen molar-refractivity contribution in [1.29, 1.82) is 0 Å². The number of ether oxygens (including phenoxy) is 3. The molecule has 2 heterocycles. The molecule has 9 heteroatoms. The Morgan fingerprint density at radius 1 is 1.03 bits per heavy atom. The van der Waals surface area contributed by atoms with Crippen LogP contribution < -0.4 is 0 Å². The van der Waals surface area contributed by atoms with Gasteiger partial charge in [-0.15, -0.1) is 0 Å². The van der Waals surface area contributed by atoms with E-state index in [1.54, 1.807) is 13.0 Å². The Labute approximate surface area is 223 Å². The van der Waals surface area contributed by atoms with Crippen LogP contribution in [0.2, 0.25) is 0 Å². The molecule has 4 aliphatic carbocycles. The van der Waals surface area contributed by atoms with Crippen LogP contribution >= 0.6 is 0 Å². The van der Waals surface area contributed by atoms with Crippen LogP contribution in [0.4, 0.5) is 0 Å². The van der Waals surface area contributed by atoms with Gasteiger partial charge >= 0.3 is 5.97 Å². The molecule has 0 spiro atoms. The highest BCUT2D eigenvalue weighted by Gasteiger charge is 2.69. The smallest absolute Gasteiger partial charge is 0.331 e. The van der Waals surface area contributed by atoms with E-state index in [9.17, 15) is 30.3 Å². The number of hydrogen-bond acceptors (Lipinski definition) is 9. The Kier molecular flexibility index (Phi) is 6.43. The van der Waals surface area contributed by atoms with Crippen molar-refractivity contribution < 1.29 is 44.5 Å². The highest BCUT2D eigenvalue weighted by Crippen LogP contribution is 2.69. The van der Waals surface area contributed by atoms with Crippen LogP contribution in [-0.4, -0.2) is 86.6 Å². The Morgan fingerprint density at radius 2 is 1.79 bits per heavy atom. The van der Waals surface area contributed by atoms with Gasteiger partial charge in [0.25, 0.3) is 0 Å². The number of aliphatic hydroxyl groups is 5. The van der Waals surface area contributed by atoms with Gasteiger partial charge in [0.15, 0.2) is 6.29 Å². The number of carbonyl (C=O) groups excluding carboxylic acids is 1. The van der Waals surface area contributed by atoms with Crippen LogP contribution in [0.5, 0.6) is 0 Å². The first-order valence-corrected chi connectivity index (χ1v) is 14.2. The van der Waals surface area contributed by atoms with Crippen LogP contribution in [0.3, 0.4) is 0 Å². The second kappa shape index (κ2) is 9.09. The van der Waals surface area contributed by atoms with Gasteiger partial charge in [0, 0.05) is 11.5 Å². The predicted molar refractivity (Wildman–Crippen MR) is 134 cm³/mol. The molecule has 0 aromatic heterocycles. The third kappa shape index (κ3) is 3.73. The maximum Gasteiger partial charge on any atom is 0.331 e. The Morgan fingerprint density at radius 3 is 2.50 bits per heavy atom. The quantitative estimate of drug-likeness (QED) is 0.267. The summed E-state index contributed by atoms with van der Waals surface area (Å²) in [6.45, 7) is 6.21. The summed E-state index contributed by atoms with van der Waals surface area (Å²) >= 11 is 0. The summed E-state index contributed by atoms with van der Waals surface area (Å²) in [5, 5.41) is 54.6. The number of fused-ring (bicyclic) bond motifs is 5. The maximum atomic E-state index is 12.4. The molecule has 13 unspecified atom stereocenters. The third-order valence-corrected chi connectivity index (χ3v) is 11.4. The van der Waals surface area contributed by atoms with Crippen LogP contribution in [-0.2, 0) is 19.0 Å². The second-order valence-electron chi connectivity index (χ2n) is 13.2. The molecule has 0 radical (unpaired) electrons. The first-order chi connectivity index (χ1) is 17.9. The number of cyclic esters (lactones) is 1. The average molecular weight is 535 g/mol. The summed E-state index contributed by atoms with van der Waals surface area (Å²) in [6, 6.07) is 0. The van der Waals surface area contributed by atoms with Crippen LogP contribution in [0.1, 0.15) is 65.7 Å². The van der Waals surface area contributed by atoms with Crippen molar-refractivity contribution in [3.05, 3.63) is 23.3 Å². The minimum Gasteiger partial charge on any atom is -0.458 e. The molecule has 0 amide bonds. The van der Waals surface area contributed by atoms with Crippen LogP contribution in [0, 0.1) is 28.6 Å². The number of allylic oxidation sites excluding steroid dienone is 1. The number of rotatable bonds is 3. The molecule has 13 atom stereocenters. The van der Waals surface area contributed by atoms with E-state index in [1.807, 2.05) is 0 Å². The minimum atomic E-state index is -1.35. The van der Waals surface area contributed by atoms with Gasteiger partial charge in [-0.05, 0) is 80.6 Å². The minimum absolute atomic E-state index is 0.0154. The van der Waals surface area contributed by atoms with Crippen molar-refractivity contribution in [3.8, 4) is 0 Å². The van der Waals surface area contributed by atoms with Crippen molar-refractivity contribution in [2.75, 3.05) is 6.61 Å². The summed E-state index contributed by atoms with van der Waals surface area (Å²) in [4.78, 5) is 11.8. The average Bonchev–Trinajstić information content (AvgIpc) is 3.41. The molecule has 6 aliphatic rings. The lowest BCUT2D eigenvalue weighted by Gasteiger charge is -2.63. The molecule has 5 N–H and O–H groups in total. The first-order valence-electron chi connectivity index (χ1n) is 14.2. The van der Waals surface area contributed by atoms with Crippen molar-refractivity contribution in [1.82, 2.24) is 0 Å². The molecule has 38 heavy (non-hydrogen) atoms. The van der Waals surface area contributed by atoms with Gasteiger partial charge in [-0.2, -0.15) is 0 Å². The lowest BCUT2D eigenvalue weighted by molar-refractivity contribution is -0.301. The number of hydrogen-bond donors (Lipinski definition) is 5. The fraction of sp³-hybridized carbons (Fsp3) is 0.828. The molecule has 4 fully saturated rings.